The Labute approximate surface area is 205 Å². The van der Waals surface area contributed by atoms with Gasteiger partial charge in [0.05, 0.1) is 12.1 Å². The molecule has 0 amide bonds. The molecule has 2 aromatic carbocycles. The van der Waals surface area contributed by atoms with E-state index in [1.165, 1.54) is 16.7 Å². The first kappa shape index (κ1) is 26.3. The number of nitrogens with one attached hydrogen (secondary N) is 3. The number of allylic oxidation sites excluding steroid dienone is 2. The van der Waals surface area contributed by atoms with Crippen LogP contribution in [-0.4, -0.2) is 31.9 Å². The molecule has 2 aromatic rings. The Hall–Kier alpha value is -2.95. The summed E-state index contributed by atoms with van der Waals surface area (Å²) in [6.07, 6.45) is 9.88. The van der Waals surface area contributed by atoms with E-state index in [1.807, 2.05) is 12.2 Å². The molecule has 0 unspecified atom stereocenters. The van der Waals surface area contributed by atoms with Crippen molar-refractivity contribution in [3.63, 3.8) is 0 Å². The van der Waals surface area contributed by atoms with Crippen molar-refractivity contribution < 1.29 is 4.28 Å². The van der Waals surface area contributed by atoms with Gasteiger partial charge < -0.3 is 16.0 Å². The molecule has 1 aliphatic heterocycles. The summed E-state index contributed by atoms with van der Waals surface area (Å²) in [7, 11) is 0. The first-order chi connectivity index (χ1) is 15.7. The Kier molecular flexibility index (Phi) is 11.4. The van der Waals surface area contributed by atoms with E-state index in [4.69, 9.17) is 0 Å². The van der Waals surface area contributed by atoms with Gasteiger partial charge in [0.2, 0.25) is 0 Å². The van der Waals surface area contributed by atoms with Gasteiger partial charge in [-0.1, -0.05) is 87.7 Å². The van der Waals surface area contributed by atoms with Crippen molar-refractivity contribution in [3.8, 4) is 0 Å². The van der Waals surface area contributed by atoms with Gasteiger partial charge in [0.25, 0.3) is 0 Å². The van der Waals surface area contributed by atoms with Crippen LogP contribution in [-0.2, 0) is 6.42 Å². The molecule has 1 aliphatic rings. The smallest absolute Gasteiger partial charge is 0.118 e. The fourth-order valence-electron chi connectivity index (χ4n) is 4.13. The van der Waals surface area contributed by atoms with Gasteiger partial charge in [-0.05, 0) is 42.2 Å². The van der Waals surface area contributed by atoms with Crippen LogP contribution < -0.4 is 16.0 Å². The van der Waals surface area contributed by atoms with Gasteiger partial charge in [-0.25, -0.2) is 4.99 Å². The molecule has 0 radical (unpaired) electrons. The quantitative estimate of drug-likeness (QED) is 0.394. The summed E-state index contributed by atoms with van der Waals surface area (Å²) in [4.78, 5) is 4.40. The van der Waals surface area contributed by atoms with Gasteiger partial charge in [-0.2, -0.15) is 0 Å². The predicted octanol–water partition coefficient (Wildman–Crippen LogP) is 6.27. The van der Waals surface area contributed by atoms with E-state index < -0.39 is 0 Å². The topological polar surface area (TPSA) is 48.5 Å². The molecule has 3 atom stereocenters. The Bertz CT molecular complexity index is 931. The van der Waals surface area contributed by atoms with Crippen LogP contribution in [0.4, 0.5) is 0 Å². The Morgan fingerprint density at radius 2 is 1.97 bits per heavy atom. The number of aliphatic imine (C=N–C) groups is 1. The lowest BCUT2D eigenvalue weighted by molar-refractivity contribution is 0.385. The highest BCUT2D eigenvalue weighted by Gasteiger charge is 2.23. The SMILES string of the molecule is C.C=C[C@@H](CC)c1cccc(CCN[C@H](c2ccccc2)[C@H]2CNC/C=C\C=N/C(=C)N2)c1.[HH].[HH].[HH]. The normalized spacial score (nSPS) is 19.9. The molecule has 0 saturated heterocycles. The summed E-state index contributed by atoms with van der Waals surface area (Å²) >= 11 is 0. The molecule has 0 spiro atoms. The van der Waals surface area contributed by atoms with E-state index in [1.54, 1.807) is 6.21 Å². The minimum Gasteiger partial charge on any atom is -0.365 e. The molecule has 0 bridgehead atoms. The zero-order chi connectivity index (χ0) is 22.6. The van der Waals surface area contributed by atoms with Crippen molar-refractivity contribution in [2.75, 3.05) is 19.6 Å². The lowest BCUT2D eigenvalue weighted by atomic mass is 9.94. The summed E-state index contributed by atoms with van der Waals surface area (Å²) in [6, 6.07) is 19.7. The maximum Gasteiger partial charge on any atom is 0.118 e. The van der Waals surface area contributed by atoms with Crippen molar-refractivity contribution in [2.24, 2.45) is 4.99 Å². The van der Waals surface area contributed by atoms with Crippen LogP contribution in [0.3, 0.4) is 0 Å². The number of hydrogen-bond acceptors (Lipinski definition) is 4. The average Bonchev–Trinajstić information content (AvgIpc) is 2.82. The van der Waals surface area contributed by atoms with Gasteiger partial charge >= 0.3 is 0 Å². The van der Waals surface area contributed by atoms with Crippen molar-refractivity contribution in [2.45, 2.75) is 45.2 Å². The fourth-order valence-corrected chi connectivity index (χ4v) is 4.13. The lowest BCUT2D eigenvalue weighted by Crippen LogP contribution is -2.47. The van der Waals surface area contributed by atoms with Crippen molar-refractivity contribution in [3.05, 3.63) is 108 Å². The monoisotopic (exact) mass is 450 g/mol. The highest BCUT2D eigenvalue weighted by atomic mass is 15.1. The molecule has 3 N–H and O–H groups in total. The van der Waals surface area contributed by atoms with Crippen LogP contribution >= 0.6 is 0 Å². The van der Waals surface area contributed by atoms with E-state index >= 15 is 0 Å². The second-order valence-electron chi connectivity index (χ2n) is 8.15. The Balaban J connectivity index is 0. The molecule has 4 nitrogen and oxygen atoms in total. The van der Waals surface area contributed by atoms with Gasteiger partial charge in [0.15, 0.2) is 0 Å². The molecular formula is C29H46N4. The minimum absolute atomic E-state index is 0. The number of hydrogen-bond donors (Lipinski definition) is 3. The molecule has 0 aromatic heterocycles. The van der Waals surface area contributed by atoms with Gasteiger partial charge in [-0.3, -0.25) is 0 Å². The zero-order valence-corrected chi connectivity index (χ0v) is 19.1. The van der Waals surface area contributed by atoms with Gasteiger partial charge in [0.1, 0.15) is 5.82 Å². The van der Waals surface area contributed by atoms with Gasteiger partial charge in [0, 0.05) is 29.5 Å². The zero-order valence-electron chi connectivity index (χ0n) is 19.1. The summed E-state index contributed by atoms with van der Waals surface area (Å²) in [6.45, 7) is 12.8. The maximum absolute atomic E-state index is 4.40. The van der Waals surface area contributed by atoms with E-state index in [9.17, 15) is 0 Å². The molecule has 33 heavy (non-hydrogen) atoms. The Morgan fingerprint density at radius 3 is 2.73 bits per heavy atom. The molecule has 0 saturated carbocycles. The predicted molar refractivity (Wildman–Crippen MR) is 150 cm³/mol. The van der Waals surface area contributed by atoms with Crippen molar-refractivity contribution >= 4 is 6.21 Å². The van der Waals surface area contributed by atoms with Gasteiger partial charge in [-0.15, -0.1) is 6.58 Å². The summed E-state index contributed by atoms with van der Waals surface area (Å²) in [5, 5.41) is 10.8. The first-order valence-corrected chi connectivity index (χ1v) is 11.6. The maximum atomic E-state index is 4.40. The minimum atomic E-state index is 0. The summed E-state index contributed by atoms with van der Waals surface area (Å²) in [5.41, 5.74) is 3.95. The molecule has 182 valence electrons. The number of benzene rings is 2. The highest BCUT2D eigenvalue weighted by molar-refractivity contribution is 5.72. The number of rotatable bonds is 9. The van der Waals surface area contributed by atoms with Crippen LogP contribution in [0.5, 0.6) is 0 Å². The molecule has 4 heteroatoms. The largest absolute Gasteiger partial charge is 0.365 e. The highest BCUT2D eigenvalue weighted by Crippen LogP contribution is 2.22. The van der Waals surface area contributed by atoms with E-state index in [-0.39, 0.29) is 23.8 Å². The molecule has 1 heterocycles. The number of nitrogens with zero attached hydrogens (tertiary/aromatic N) is 1. The van der Waals surface area contributed by atoms with Crippen LogP contribution in [0, 0.1) is 0 Å². The second kappa shape index (κ2) is 14.2. The van der Waals surface area contributed by atoms with Crippen LogP contribution in [0.2, 0.25) is 0 Å². The standard InChI is InChI=1S/C28H36N4.CH4.3H2/c1-4-24(5-2)26-15-11-12-23(20-26)16-19-31-28(25-13-7-6-8-14-25)27-21-29-17-9-10-18-30-22(3)32-27;;;;/h4,6-15,18,20,24,27-29,31-32H,1,3,5,16-17,19,21H2,2H3;1H4;3*1H/b10-9-,30-18-;;;;/t24-,27+,28+;;;;/m0..../s1. The summed E-state index contributed by atoms with van der Waals surface area (Å²) in [5.74, 6) is 1.09. The van der Waals surface area contributed by atoms with E-state index in [2.05, 4.69) is 102 Å². The third kappa shape index (κ3) is 8.16. The van der Waals surface area contributed by atoms with Crippen LogP contribution in [0.1, 0.15) is 53.7 Å². The molecule has 0 fully saturated rings. The average molecular weight is 451 g/mol. The third-order valence-electron chi connectivity index (χ3n) is 5.87. The van der Waals surface area contributed by atoms with Crippen LogP contribution in [0.25, 0.3) is 0 Å². The van der Waals surface area contributed by atoms with E-state index in [0.29, 0.717) is 11.7 Å². The fraction of sp³-hybridized carbons (Fsp3) is 0.345. The molecule has 3 rings (SSSR count). The first-order valence-electron chi connectivity index (χ1n) is 11.6. The van der Waals surface area contributed by atoms with E-state index in [0.717, 1.165) is 32.5 Å². The molecule has 0 aliphatic carbocycles. The summed E-state index contributed by atoms with van der Waals surface area (Å²) < 4.78 is 0. The van der Waals surface area contributed by atoms with Crippen molar-refractivity contribution in [1.29, 1.82) is 0 Å². The Morgan fingerprint density at radius 1 is 1.18 bits per heavy atom. The third-order valence-corrected chi connectivity index (χ3v) is 5.87. The second-order valence-corrected chi connectivity index (χ2v) is 8.15. The lowest BCUT2D eigenvalue weighted by Gasteiger charge is -2.30. The van der Waals surface area contributed by atoms with Crippen LogP contribution in [0.15, 0.2) is 96.8 Å². The van der Waals surface area contributed by atoms with Crippen molar-refractivity contribution in [1.82, 2.24) is 16.0 Å². The molecular weight excluding hydrogens is 404 g/mol.